The minimum atomic E-state index is 0.755. The van der Waals surface area contributed by atoms with Crippen molar-refractivity contribution in [2.75, 3.05) is 26.1 Å². The van der Waals surface area contributed by atoms with E-state index < -0.39 is 0 Å². The first kappa shape index (κ1) is 16.0. The van der Waals surface area contributed by atoms with Gasteiger partial charge in [0.25, 0.3) is 0 Å². The molecule has 2 heterocycles. The molecule has 0 saturated heterocycles. The molecule has 1 aromatic heterocycles. The number of nitrogens with one attached hydrogen (secondary N) is 1. The Kier molecular flexibility index (Phi) is 4.13. The first-order valence-corrected chi connectivity index (χ1v) is 8.86. The van der Waals surface area contributed by atoms with E-state index >= 15 is 0 Å². The standard InChI is InChI=1S/C19H18BrN3O2/c1-24-15-8-5-9-16(25-2)17(15)18-12-10-11-21-19(12)23(22-18)14-7-4-3-6-13(14)20/h3-9,21H,10-11H2,1-2H3. The first-order chi connectivity index (χ1) is 12.2. The number of nitrogens with zero attached hydrogens (tertiary/aromatic N) is 2. The van der Waals surface area contributed by atoms with Crippen molar-refractivity contribution in [1.82, 2.24) is 9.78 Å². The second-order valence-electron chi connectivity index (χ2n) is 5.75. The van der Waals surface area contributed by atoms with E-state index in [4.69, 9.17) is 14.6 Å². The third-order valence-electron chi connectivity index (χ3n) is 4.40. The molecule has 5 nitrogen and oxygen atoms in total. The van der Waals surface area contributed by atoms with E-state index in [1.165, 1.54) is 5.56 Å². The number of halogens is 1. The molecule has 0 amide bonds. The molecule has 0 saturated carbocycles. The molecule has 128 valence electrons. The molecule has 3 aromatic rings. The van der Waals surface area contributed by atoms with Gasteiger partial charge in [-0.2, -0.15) is 5.10 Å². The van der Waals surface area contributed by atoms with Crippen LogP contribution in [0.2, 0.25) is 0 Å². The van der Waals surface area contributed by atoms with Gasteiger partial charge in [0.05, 0.1) is 25.5 Å². The molecule has 0 atom stereocenters. The second-order valence-corrected chi connectivity index (χ2v) is 6.61. The second kappa shape index (κ2) is 6.44. The van der Waals surface area contributed by atoms with Gasteiger partial charge in [0.15, 0.2) is 0 Å². The molecule has 0 spiro atoms. The largest absolute Gasteiger partial charge is 0.496 e. The maximum absolute atomic E-state index is 5.58. The highest BCUT2D eigenvalue weighted by Crippen LogP contribution is 2.43. The van der Waals surface area contributed by atoms with Crippen LogP contribution in [0.15, 0.2) is 46.9 Å². The summed E-state index contributed by atoms with van der Waals surface area (Å²) in [4.78, 5) is 0. The monoisotopic (exact) mass is 399 g/mol. The zero-order valence-corrected chi connectivity index (χ0v) is 15.6. The zero-order valence-electron chi connectivity index (χ0n) is 14.0. The van der Waals surface area contributed by atoms with Gasteiger partial charge in [-0.3, -0.25) is 0 Å². The zero-order chi connectivity index (χ0) is 17.4. The minimum Gasteiger partial charge on any atom is -0.496 e. The van der Waals surface area contributed by atoms with E-state index in [1.54, 1.807) is 14.2 Å². The summed E-state index contributed by atoms with van der Waals surface area (Å²) < 4.78 is 14.1. The topological polar surface area (TPSA) is 48.3 Å². The van der Waals surface area contributed by atoms with Crippen LogP contribution in [0.4, 0.5) is 5.82 Å². The van der Waals surface area contributed by atoms with E-state index in [-0.39, 0.29) is 0 Å². The molecular formula is C19H18BrN3O2. The summed E-state index contributed by atoms with van der Waals surface area (Å²) in [6.07, 6.45) is 0.913. The molecule has 2 aromatic carbocycles. The van der Waals surface area contributed by atoms with Crippen molar-refractivity contribution in [1.29, 1.82) is 0 Å². The van der Waals surface area contributed by atoms with Crippen LogP contribution in [-0.4, -0.2) is 30.5 Å². The summed E-state index contributed by atoms with van der Waals surface area (Å²) in [7, 11) is 3.34. The molecule has 0 unspecified atom stereocenters. The van der Waals surface area contributed by atoms with E-state index in [1.807, 2.05) is 47.1 Å². The van der Waals surface area contributed by atoms with Gasteiger partial charge >= 0.3 is 0 Å². The van der Waals surface area contributed by atoms with Crippen molar-refractivity contribution in [2.45, 2.75) is 6.42 Å². The highest BCUT2D eigenvalue weighted by atomic mass is 79.9. The summed E-state index contributed by atoms with van der Waals surface area (Å²) in [6.45, 7) is 0.891. The van der Waals surface area contributed by atoms with Crippen molar-refractivity contribution < 1.29 is 9.47 Å². The van der Waals surface area contributed by atoms with Gasteiger partial charge in [-0.1, -0.05) is 18.2 Å². The first-order valence-electron chi connectivity index (χ1n) is 8.06. The number of ether oxygens (including phenoxy) is 2. The Morgan fingerprint density at radius 3 is 2.44 bits per heavy atom. The minimum absolute atomic E-state index is 0.755. The van der Waals surface area contributed by atoms with Gasteiger partial charge in [-0.25, -0.2) is 4.68 Å². The Morgan fingerprint density at radius 2 is 1.76 bits per heavy atom. The van der Waals surface area contributed by atoms with Crippen LogP contribution in [0.25, 0.3) is 16.9 Å². The Morgan fingerprint density at radius 1 is 1.04 bits per heavy atom. The van der Waals surface area contributed by atoms with Crippen molar-refractivity contribution in [3.8, 4) is 28.4 Å². The van der Waals surface area contributed by atoms with E-state index in [0.717, 1.165) is 51.7 Å². The lowest BCUT2D eigenvalue weighted by Gasteiger charge is -2.12. The van der Waals surface area contributed by atoms with Crippen molar-refractivity contribution in [3.05, 3.63) is 52.5 Å². The SMILES string of the molecule is COc1cccc(OC)c1-c1nn(-c2ccccc2Br)c2c1CCN2. The highest BCUT2D eigenvalue weighted by molar-refractivity contribution is 9.10. The maximum atomic E-state index is 5.58. The van der Waals surface area contributed by atoms with Crippen LogP contribution in [0, 0.1) is 0 Å². The van der Waals surface area contributed by atoms with Gasteiger partial charge < -0.3 is 14.8 Å². The summed E-state index contributed by atoms with van der Waals surface area (Å²) in [5, 5.41) is 8.37. The predicted molar refractivity (Wildman–Crippen MR) is 102 cm³/mol. The molecule has 1 aliphatic rings. The lowest BCUT2D eigenvalue weighted by atomic mass is 10.0. The average molecular weight is 400 g/mol. The van der Waals surface area contributed by atoms with E-state index in [9.17, 15) is 0 Å². The number of hydrogen-bond acceptors (Lipinski definition) is 4. The molecule has 1 aliphatic heterocycles. The number of benzene rings is 2. The molecule has 0 bridgehead atoms. The van der Waals surface area contributed by atoms with Gasteiger partial charge in [-0.05, 0) is 46.6 Å². The Hall–Kier alpha value is -2.47. The van der Waals surface area contributed by atoms with Crippen LogP contribution < -0.4 is 14.8 Å². The maximum Gasteiger partial charge on any atom is 0.133 e. The lowest BCUT2D eigenvalue weighted by molar-refractivity contribution is 0.397. The number of para-hydroxylation sites is 1. The molecule has 25 heavy (non-hydrogen) atoms. The fourth-order valence-electron chi connectivity index (χ4n) is 3.26. The number of methoxy groups -OCH3 is 2. The van der Waals surface area contributed by atoms with Gasteiger partial charge in [0.2, 0.25) is 0 Å². The molecule has 0 fully saturated rings. The van der Waals surface area contributed by atoms with Gasteiger partial charge in [-0.15, -0.1) is 0 Å². The number of hydrogen-bond donors (Lipinski definition) is 1. The van der Waals surface area contributed by atoms with Crippen LogP contribution in [0.1, 0.15) is 5.56 Å². The summed E-state index contributed by atoms with van der Waals surface area (Å²) in [5.74, 6) is 2.53. The fourth-order valence-corrected chi connectivity index (χ4v) is 3.71. The fraction of sp³-hybridized carbons (Fsp3) is 0.211. The summed E-state index contributed by atoms with van der Waals surface area (Å²) >= 11 is 3.63. The summed E-state index contributed by atoms with van der Waals surface area (Å²) in [5.41, 5.74) is 3.95. The third-order valence-corrected chi connectivity index (χ3v) is 5.07. The number of rotatable bonds is 4. The summed E-state index contributed by atoms with van der Waals surface area (Å²) in [6, 6.07) is 13.8. The molecule has 0 aliphatic carbocycles. The highest BCUT2D eigenvalue weighted by Gasteiger charge is 2.28. The lowest BCUT2D eigenvalue weighted by Crippen LogP contribution is -2.05. The Bertz CT molecular complexity index is 914. The van der Waals surface area contributed by atoms with Crippen LogP contribution in [0.3, 0.4) is 0 Å². The Balaban J connectivity index is 1.98. The molecular weight excluding hydrogens is 382 g/mol. The molecule has 1 N–H and O–H groups in total. The van der Waals surface area contributed by atoms with Crippen LogP contribution >= 0.6 is 15.9 Å². The van der Waals surface area contributed by atoms with E-state index in [2.05, 4.69) is 21.2 Å². The molecule has 0 radical (unpaired) electrons. The number of aromatic nitrogens is 2. The molecule has 6 heteroatoms. The van der Waals surface area contributed by atoms with Gasteiger partial charge in [0.1, 0.15) is 23.0 Å². The van der Waals surface area contributed by atoms with Crippen LogP contribution in [-0.2, 0) is 6.42 Å². The normalized spacial score (nSPS) is 12.6. The van der Waals surface area contributed by atoms with Crippen molar-refractivity contribution >= 4 is 21.7 Å². The average Bonchev–Trinajstić information content (AvgIpc) is 3.24. The number of fused-ring (bicyclic) bond motifs is 1. The van der Waals surface area contributed by atoms with Crippen LogP contribution in [0.5, 0.6) is 11.5 Å². The van der Waals surface area contributed by atoms with Crippen molar-refractivity contribution in [2.24, 2.45) is 0 Å². The van der Waals surface area contributed by atoms with Crippen molar-refractivity contribution in [3.63, 3.8) is 0 Å². The van der Waals surface area contributed by atoms with E-state index in [0.29, 0.717) is 0 Å². The van der Waals surface area contributed by atoms with Gasteiger partial charge in [0, 0.05) is 16.6 Å². The quantitative estimate of drug-likeness (QED) is 0.710. The number of anilines is 1. The smallest absolute Gasteiger partial charge is 0.133 e. The Labute approximate surface area is 154 Å². The molecule has 4 rings (SSSR count). The third kappa shape index (κ3) is 2.57. The predicted octanol–water partition coefficient (Wildman–Crippen LogP) is 4.29.